The van der Waals surface area contributed by atoms with Gasteiger partial charge in [0.1, 0.15) is 5.82 Å². The molecule has 1 aromatic heterocycles. The number of hydrogen-bond acceptors (Lipinski definition) is 5. The summed E-state index contributed by atoms with van der Waals surface area (Å²) in [4.78, 5) is 5.70. The van der Waals surface area contributed by atoms with Crippen molar-refractivity contribution >= 4 is 27.5 Å². The van der Waals surface area contributed by atoms with Crippen molar-refractivity contribution in [3.8, 4) is 21.7 Å². The summed E-state index contributed by atoms with van der Waals surface area (Å²) >= 11 is -0.613. The molecule has 30 heavy (non-hydrogen) atoms. The summed E-state index contributed by atoms with van der Waals surface area (Å²) in [7, 11) is 0. The topological polar surface area (TPSA) is 65.0 Å². The van der Waals surface area contributed by atoms with Crippen LogP contribution in [0.15, 0.2) is 78.9 Å². The third-order valence-corrected chi connectivity index (χ3v) is 6.16. The number of anilines is 1. The van der Waals surface area contributed by atoms with E-state index in [4.69, 9.17) is 4.98 Å². The fraction of sp³-hybridized carbons (Fsp3) is 0.0870. The fourth-order valence-electron chi connectivity index (χ4n) is 3.06. The Morgan fingerprint density at radius 1 is 0.900 bits per heavy atom. The maximum Gasteiger partial charge on any atom is 0.184 e. The lowest BCUT2D eigenvalue weighted by molar-refractivity contribution is 0.536. The molecule has 3 aromatic carbocycles. The lowest BCUT2D eigenvalue weighted by Crippen LogP contribution is -1.98. The average molecular weight is 438 g/mol. The third-order valence-electron chi connectivity index (χ3n) is 4.53. The maximum atomic E-state index is 13.4. The lowest BCUT2D eigenvalue weighted by atomic mass is 10.1. The molecule has 0 bridgehead atoms. The van der Waals surface area contributed by atoms with Gasteiger partial charge in [0.05, 0.1) is 10.6 Å². The molecular weight excluding hydrogens is 419 g/mol. The Bertz CT molecular complexity index is 1140. The van der Waals surface area contributed by atoms with Crippen molar-refractivity contribution in [2.45, 2.75) is 12.3 Å². The van der Waals surface area contributed by atoms with Crippen LogP contribution < -0.4 is 5.32 Å². The van der Waals surface area contributed by atoms with Crippen LogP contribution in [-0.2, 0) is 23.4 Å². The van der Waals surface area contributed by atoms with Crippen molar-refractivity contribution < 1.29 is 13.2 Å². The van der Waals surface area contributed by atoms with Crippen LogP contribution in [-0.4, -0.2) is 13.7 Å². The first-order valence-corrected chi connectivity index (χ1v) is 11.3. The first kappa shape index (κ1) is 20.4. The van der Waals surface area contributed by atoms with E-state index in [-0.39, 0.29) is 11.6 Å². The molecule has 4 aromatic rings. The Labute approximate surface area is 180 Å². The van der Waals surface area contributed by atoms with Crippen LogP contribution in [0.4, 0.5) is 9.52 Å². The zero-order valence-corrected chi connectivity index (χ0v) is 17.5. The van der Waals surface area contributed by atoms with Crippen molar-refractivity contribution in [2.24, 2.45) is 0 Å². The molecule has 0 spiro atoms. The molecule has 1 N–H and O–H groups in total. The van der Waals surface area contributed by atoms with E-state index < -0.39 is 11.1 Å². The standard InChI is InChI=1S/C23H19FN2O2S2/c24-20-12-10-18(11-13-20)21-22(19-8-6-17(7-9-19)15-30(27)28)29-23(26-21)25-14-16-4-2-1-3-5-16/h1-13H,14-15H2,(H,25,26)(H,27,28)/p-1. The Balaban J connectivity index is 1.67. The van der Waals surface area contributed by atoms with Crippen LogP contribution in [0.1, 0.15) is 11.1 Å². The van der Waals surface area contributed by atoms with E-state index in [9.17, 15) is 13.2 Å². The van der Waals surface area contributed by atoms with Crippen molar-refractivity contribution in [1.29, 1.82) is 0 Å². The van der Waals surface area contributed by atoms with E-state index in [0.717, 1.165) is 38.0 Å². The number of aromatic nitrogens is 1. The number of rotatable bonds is 7. The number of benzene rings is 3. The van der Waals surface area contributed by atoms with Crippen LogP contribution in [0.25, 0.3) is 21.7 Å². The minimum atomic E-state index is -2.13. The summed E-state index contributed by atoms with van der Waals surface area (Å²) in [5, 5.41) is 4.12. The number of hydrogen-bond donors (Lipinski definition) is 1. The molecule has 1 unspecified atom stereocenters. The van der Waals surface area contributed by atoms with E-state index in [1.807, 2.05) is 42.5 Å². The second-order valence-electron chi connectivity index (χ2n) is 6.69. The van der Waals surface area contributed by atoms with Gasteiger partial charge in [-0.05, 0) is 41.0 Å². The third kappa shape index (κ3) is 4.99. The number of halogens is 1. The van der Waals surface area contributed by atoms with E-state index >= 15 is 0 Å². The number of thiazole rings is 1. The van der Waals surface area contributed by atoms with Gasteiger partial charge in [-0.15, -0.1) is 0 Å². The molecule has 0 fully saturated rings. The molecule has 4 nitrogen and oxygen atoms in total. The van der Waals surface area contributed by atoms with Crippen LogP contribution in [0.2, 0.25) is 0 Å². The zero-order chi connectivity index (χ0) is 20.9. The van der Waals surface area contributed by atoms with Gasteiger partial charge < -0.3 is 9.87 Å². The second-order valence-corrected chi connectivity index (χ2v) is 8.58. The molecule has 0 radical (unpaired) electrons. The highest BCUT2D eigenvalue weighted by Crippen LogP contribution is 2.39. The van der Waals surface area contributed by atoms with Gasteiger partial charge in [-0.3, -0.25) is 4.21 Å². The first-order chi connectivity index (χ1) is 14.6. The smallest absolute Gasteiger partial charge is 0.184 e. The quantitative estimate of drug-likeness (QED) is 0.382. The Kier molecular flexibility index (Phi) is 6.32. The first-order valence-electron chi connectivity index (χ1n) is 9.28. The molecule has 7 heteroatoms. The van der Waals surface area contributed by atoms with Gasteiger partial charge in [-0.2, -0.15) is 0 Å². The second kappa shape index (κ2) is 9.30. The molecule has 0 aliphatic heterocycles. The molecule has 1 atom stereocenters. The molecule has 0 aliphatic carbocycles. The average Bonchev–Trinajstić information content (AvgIpc) is 3.18. The zero-order valence-electron chi connectivity index (χ0n) is 15.9. The minimum Gasteiger partial charge on any atom is -0.772 e. The molecule has 0 saturated heterocycles. The molecule has 0 saturated carbocycles. The van der Waals surface area contributed by atoms with Crippen LogP contribution in [0.3, 0.4) is 0 Å². The Morgan fingerprint density at radius 3 is 2.23 bits per heavy atom. The summed E-state index contributed by atoms with van der Waals surface area (Å²) in [5.41, 5.74) is 4.38. The fourth-order valence-corrected chi connectivity index (χ4v) is 4.51. The van der Waals surface area contributed by atoms with E-state index in [1.165, 1.54) is 23.5 Å². The summed E-state index contributed by atoms with van der Waals surface area (Å²) in [6.45, 7) is 0.644. The van der Waals surface area contributed by atoms with Crippen LogP contribution >= 0.6 is 11.3 Å². The van der Waals surface area contributed by atoms with E-state index in [1.54, 1.807) is 24.3 Å². The van der Waals surface area contributed by atoms with Gasteiger partial charge in [-0.25, -0.2) is 9.37 Å². The lowest BCUT2D eigenvalue weighted by Gasteiger charge is -2.07. The van der Waals surface area contributed by atoms with Crippen molar-refractivity contribution in [2.75, 3.05) is 5.32 Å². The van der Waals surface area contributed by atoms with Crippen LogP contribution in [0, 0.1) is 5.82 Å². The van der Waals surface area contributed by atoms with Gasteiger partial charge in [0.15, 0.2) is 5.13 Å². The predicted octanol–water partition coefficient (Wildman–Crippen LogP) is 5.61. The van der Waals surface area contributed by atoms with Gasteiger partial charge in [0.25, 0.3) is 0 Å². The highest BCUT2D eigenvalue weighted by atomic mass is 32.2. The van der Waals surface area contributed by atoms with Crippen molar-refractivity contribution in [3.05, 3.63) is 95.8 Å². The maximum absolute atomic E-state index is 13.4. The molecule has 4 rings (SSSR count). The molecule has 0 amide bonds. The summed E-state index contributed by atoms with van der Waals surface area (Å²) in [6, 6.07) is 23.7. The van der Waals surface area contributed by atoms with Gasteiger partial charge >= 0.3 is 0 Å². The van der Waals surface area contributed by atoms with Crippen molar-refractivity contribution in [1.82, 2.24) is 4.98 Å². The summed E-state index contributed by atoms with van der Waals surface area (Å²) < 4.78 is 35.3. The SMILES string of the molecule is O=S([O-])Cc1ccc(-c2sc(NCc3ccccc3)nc2-c2ccc(F)cc2)cc1. The summed E-state index contributed by atoms with van der Waals surface area (Å²) in [6.07, 6.45) is 0. The van der Waals surface area contributed by atoms with Gasteiger partial charge in [-0.1, -0.05) is 77.0 Å². The molecule has 1 heterocycles. The highest BCUT2D eigenvalue weighted by molar-refractivity contribution is 7.78. The Hall–Kier alpha value is -2.87. The Morgan fingerprint density at radius 2 is 1.57 bits per heavy atom. The molecule has 152 valence electrons. The predicted molar refractivity (Wildman–Crippen MR) is 119 cm³/mol. The van der Waals surface area contributed by atoms with Gasteiger partial charge in [0, 0.05) is 17.9 Å². The number of nitrogens with one attached hydrogen (secondary N) is 1. The van der Waals surface area contributed by atoms with Crippen molar-refractivity contribution in [3.63, 3.8) is 0 Å². The molecule has 0 aliphatic rings. The summed E-state index contributed by atoms with van der Waals surface area (Å²) in [5.74, 6) is -0.314. The van der Waals surface area contributed by atoms with E-state index in [0.29, 0.717) is 6.54 Å². The molecular formula is C23H18FN2O2S2-. The monoisotopic (exact) mass is 437 g/mol. The van der Waals surface area contributed by atoms with Gasteiger partial charge in [0.2, 0.25) is 0 Å². The largest absolute Gasteiger partial charge is 0.772 e. The normalized spacial score (nSPS) is 11.9. The highest BCUT2D eigenvalue weighted by Gasteiger charge is 2.15. The minimum absolute atomic E-state index is 0.0162. The van der Waals surface area contributed by atoms with E-state index in [2.05, 4.69) is 5.32 Å². The number of nitrogens with zero attached hydrogens (tertiary/aromatic N) is 1. The van der Waals surface area contributed by atoms with Crippen LogP contribution in [0.5, 0.6) is 0 Å².